The van der Waals surface area contributed by atoms with Gasteiger partial charge in [0.2, 0.25) is 0 Å². The molecule has 1 aromatic carbocycles. The number of H-pyrrole nitrogens is 1. The van der Waals surface area contributed by atoms with Gasteiger partial charge in [0, 0.05) is 0 Å². The van der Waals surface area contributed by atoms with E-state index in [9.17, 15) is 15.0 Å². The van der Waals surface area contributed by atoms with Gasteiger partial charge in [-0.2, -0.15) is 0 Å². The lowest BCUT2D eigenvalue weighted by Crippen LogP contribution is -2.11. The largest absolute Gasteiger partial charge is 0.507 e. The number of hydrogen-bond acceptors (Lipinski definition) is 4. The second-order valence-corrected chi connectivity index (χ2v) is 3.53. The van der Waals surface area contributed by atoms with Crippen LogP contribution in [0.1, 0.15) is 5.82 Å². The monoisotopic (exact) mass is 270 g/mol. The molecule has 3 N–H and O–H groups in total. The van der Waals surface area contributed by atoms with Crippen LogP contribution in [0.15, 0.2) is 16.9 Å². The van der Waals surface area contributed by atoms with E-state index in [2.05, 4.69) is 25.9 Å². The summed E-state index contributed by atoms with van der Waals surface area (Å²) in [5.74, 6) is 0.0715. The SMILES string of the molecule is O=c1[nH]c(CBr)nc2c(O)ccc(O)c12. The van der Waals surface area contributed by atoms with Gasteiger partial charge in [0.05, 0.1) is 5.33 Å². The summed E-state index contributed by atoms with van der Waals surface area (Å²) in [5.41, 5.74) is -0.365. The zero-order valence-corrected chi connectivity index (χ0v) is 9.08. The molecular weight excluding hydrogens is 264 g/mol. The standard InChI is InChI=1S/C9H7BrN2O3/c10-3-6-11-8-5(14)2-1-4(13)7(8)9(15)12-6/h1-2,13-14H,3H2,(H,11,12,15). The molecule has 0 amide bonds. The van der Waals surface area contributed by atoms with E-state index in [0.717, 1.165) is 0 Å². The van der Waals surface area contributed by atoms with Crippen LogP contribution in [0.2, 0.25) is 0 Å². The first kappa shape index (κ1) is 9.97. The number of phenols is 2. The predicted octanol–water partition coefficient (Wildman–Crippen LogP) is 1.23. The van der Waals surface area contributed by atoms with Crippen LogP contribution in [0.5, 0.6) is 11.5 Å². The number of nitrogens with one attached hydrogen (secondary N) is 1. The number of halogens is 1. The Bertz CT molecular complexity index is 579. The summed E-state index contributed by atoms with van der Waals surface area (Å²) in [5, 5.41) is 19.3. The number of alkyl halides is 1. The van der Waals surface area contributed by atoms with Gasteiger partial charge >= 0.3 is 0 Å². The van der Waals surface area contributed by atoms with Crippen molar-refractivity contribution in [2.24, 2.45) is 0 Å². The highest BCUT2D eigenvalue weighted by molar-refractivity contribution is 9.08. The van der Waals surface area contributed by atoms with Crippen molar-refractivity contribution >= 4 is 26.8 Å². The minimum absolute atomic E-state index is 0.000278. The average molecular weight is 271 g/mol. The summed E-state index contributed by atoms with van der Waals surface area (Å²) >= 11 is 3.14. The summed E-state index contributed by atoms with van der Waals surface area (Å²) in [6, 6.07) is 2.55. The van der Waals surface area contributed by atoms with Gasteiger partial charge < -0.3 is 15.2 Å². The number of hydrogen-bond donors (Lipinski definition) is 3. The first-order chi connectivity index (χ1) is 7.13. The maximum atomic E-state index is 11.5. The van der Waals surface area contributed by atoms with Crippen LogP contribution in [-0.2, 0) is 5.33 Å². The Morgan fingerprint density at radius 1 is 1.33 bits per heavy atom. The summed E-state index contributed by atoms with van der Waals surface area (Å²) in [6.07, 6.45) is 0. The lowest BCUT2D eigenvalue weighted by atomic mass is 10.2. The minimum atomic E-state index is -0.470. The number of aromatic amines is 1. The molecule has 5 nitrogen and oxygen atoms in total. The second kappa shape index (κ2) is 3.54. The highest BCUT2D eigenvalue weighted by Gasteiger charge is 2.11. The van der Waals surface area contributed by atoms with Crippen LogP contribution < -0.4 is 5.56 Å². The van der Waals surface area contributed by atoms with Crippen molar-refractivity contribution in [2.75, 3.05) is 0 Å². The molecule has 0 aliphatic carbocycles. The lowest BCUT2D eigenvalue weighted by molar-refractivity contribution is 0.468. The Balaban J connectivity index is 2.97. The number of rotatable bonds is 1. The molecule has 0 atom stereocenters. The number of aromatic nitrogens is 2. The third-order valence-electron chi connectivity index (χ3n) is 1.99. The maximum Gasteiger partial charge on any atom is 0.262 e. The molecule has 0 unspecified atom stereocenters. The molecule has 0 saturated heterocycles. The Kier molecular flexibility index (Phi) is 2.36. The molecule has 0 spiro atoms. The zero-order chi connectivity index (χ0) is 11.0. The van der Waals surface area contributed by atoms with Gasteiger partial charge in [0.1, 0.15) is 28.2 Å². The second-order valence-electron chi connectivity index (χ2n) is 2.97. The van der Waals surface area contributed by atoms with E-state index < -0.39 is 5.56 Å². The van der Waals surface area contributed by atoms with Gasteiger partial charge in [0.25, 0.3) is 5.56 Å². The fraction of sp³-hybridized carbons (Fsp3) is 0.111. The number of nitrogens with zero attached hydrogens (tertiary/aromatic N) is 1. The lowest BCUT2D eigenvalue weighted by Gasteiger charge is -2.03. The van der Waals surface area contributed by atoms with Crippen LogP contribution in [0, 0.1) is 0 Å². The Labute approximate surface area is 92.5 Å². The molecule has 0 aliphatic heterocycles. The molecule has 1 heterocycles. The minimum Gasteiger partial charge on any atom is -0.507 e. The molecule has 0 fully saturated rings. The molecule has 0 bridgehead atoms. The average Bonchev–Trinajstić information content (AvgIpc) is 2.23. The van der Waals surface area contributed by atoms with Gasteiger partial charge in [-0.05, 0) is 12.1 Å². The van der Waals surface area contributed by atoms with Crippen molar-refractivity contribution in [3.63, 3.8) is 0 Å². The highest BCUT2D eigenvalue weighted by atomic mass is 79.9. The van der Waals surface area contributed by atoms with E-state index in [1.165, 1.54) is 12.1 Å². The molecule has 2 aromatic rings. The molecule has 0 aliphatic rings. The van der Waals surface area contributed by atoms with Gasteiger partial charge in [-0.1, -0.05) is 15.9 Å². The number of aromatic hydroxyl groups is 2. The van der Waals surface area contributed by atoms with Crippen LogP contribution in [-0.4, -0.2) is 20.2 Å². The highest BCUT2D eigenvalue weighted by Crippen LogP contribution is 2.27. The summed E-state index contributed by atoms with van der Waals surface area (Å²) in [6.45, 7) is 0. The fourth-order valence-corrected chi connectivity index (χ4v) is 1.59. The zero-order valence-electron chi connectivity index (χ0n) is 7.49. The van der Waals surface area contributed by atoms with E-state index in [0.29, 0.717) is 11.2 Å². The van der Waals surface area contributed by atoms with Gasteiger partial charge in [-0.25, -0.2) is 4.98 Å². The summed E-state index contributed by atoms with van der Waals surface area (Å²) in [4.78, 5) is 18.0. The summed E-state index contributed by atoms with van der Waals surface area (Å²) < 4.78 is 0. The van der Waals surface area contributed by atoms with Crippen LogP contribution in [0.4, 0.5) is 0 Å². The van der Waals surface area contributed by atoms with Crippen LogP contribution >= 0.6 is 15.9 Å². The quantitative estimate of drug-likeness (QED) is 0.537. The molecule has 2 rings (SSSR count). The molecule has 78 valence electrons. The summed E-state index contributed by atoms with van der Waals surface area (Å²) in [7, 11) is 0. The maximum absolute atomic E-state index is 11.5. The van der Waals surface area contributed by atoms with Crippen molar-refractivity contribution in [1.82, 2.24) is 9.97 Å². The third kappa shape index (κ3) is 1.56. The Hall–Kier alpha value is -1.56. The van der Waals surface area contributed by atoms with Crippen molar-refractivity contribution in [2.45, 2.75) is 5.33 Å². The normalized spacial score (nSPS) is 10.7. The first-order valence-electron chi connectivity index (χ1n) is 4.13. The molecule has 6 heteroatoms. The van der Waals surface area contributed by atoms with Crippen LogP contribution in [0.25, 0.3) is 10.9 Å². The first-order valence-corrected chi connectivity index (χ1v) is 5.25. The van der Waals surface area contributed by atoms with E-state index >= 15 is 0 Å². The molecule has 15 heavy (non-hydrogen) atoms. The number of fused-ring (bicyclic) bond motifs is 1. The fourth-order valence-electron chi connectivity index (χ4n) is 1.33. The smallest absolute Gasteiger partial charge is 0.262 e. The predicted molar refractivity (Wildman–Crippen MR) is 58.3 cm³/mol. The van der Waals surface area contributed by atoms with E-state index in [1.54, 1.807) is 0 Å². The van der Waals surface area contributed by atoms with E-state index in [1.807, 2.05) is 0 Å². The molecular formula is C9H7BrN2O3. The number of phenolic OH excluding ortho intramolecular Hbond substituents is 2. The molecule has 1 aromatic heterocycles. The van der Waals surface area contributed by atoms with Crippen molar-refractivity contribution in [3.05, 3.63) is 28.3 Å². The van der Waals surface area contributed by atoms with E-state index in [4.69, 9.17) is 0 Å². The Morgan fingerprint density at radius 2 is 2.00 bits per heavy atom. The van der Waals surface area contributed by atoms with Gasteiger partial charge in [0.15, 0.2) is 0 Å². The van der Waals surface area contributed by atoms with E-state index in [-0.39, 0.29) is 22.4 Å². The van der Waals surface area contributed by atoms with Gasteiger partial charge in [-0.3, -0.25) is 4.79 Å². The van der Waals surface area contributed by atoms with Gasteiger partial charge in [-0.15, -0.1) is 0 Å². The van der Waals surface area contributed by atoms with Crippen molar-refractivity contribution < 1.29 is 10.2 Å². The van der Waals surface area contributed by atoms with Crippen LogP contribution in [0.3, 0.4) is 0 Å². The molecule has 0 saturated carbocycles. The van der Waals surface area contributed by atoms with Crippen molar-refractivity contribution in [1.29, 1.82) is 0 Å². The topological polar surface area (TPSA) is 86.2 Å². The third-order valence-corrected chi connectivity index (χ3v) is 2.52. The van der Waals surface area contributed by atoms with Crippen molar-refractivity contribution in [3.8, 4) is 11.5 Å². The number of benzene rings is 1. The Morgan fingerprint density at radius 3 is 2.67 bits per heavy atom. The molecule has 0 radical (unpaired) electrons.